The largest absolute Gasteiger partial charge is 0.748 e. The van der Waals surface area contributed by atoms with E-state index in [0.717, 1.165) is 12.1 Å². The van der Waals surface area contributed by atoms with E-state index in [2.05, 4.69) is 0 Å². The van der Waals surface area contributed by atoms with E-state index < -0.39 is 92.7 Å². The summed E-state index contributed by atoms with van der Waals surface area (Å²) in [7, 11) is -23.4. The van der Waals surface area contributed by atoms with Crippen LogP contribution in [0.1, 0.15) is 69.9 Å². The lowest BCUT2D eigenvalue weighted by atomic mass is 9.74. The second-order valence-corrected chi connectivity index (χ2v) is 29.0. The van der Waals surface area contributed by atoms with Crippen molar-refractivity contribution in [2.24, 2.45) is 0 Å². The molecule has 93 heavy (non-hydrogen) atoms. The molecule has 4 aromatic carbocycles. The Bertz CT molecular complexity index is 3970. The molecule has 0 saturated carbocycles. The quantitative estimate of drug-likeness (QED) is 0.0275. The maximum absolute atomic E-state index is 12.9. The third kappa shape index (κ3) is 21.4. The fraction of sp³-hybridized carbons (Fsp3) is 0.533. The number of nitrogens with zero attached hydrogens (tertiary/aromatic N) is 2. The summed E-state index contributed by atoms with van der Waals surface area (Å²) in [5, 5.41) is 8.83. The molecule has 33 heteroatoms. The molecule has 2 heterocycles. The molecule has 0 aliphatic carbocycles. The van der Waals surface area contributed by atoms with Gasteiger partial charge in [0.2, 0.25) is 5.69 Å². The molecule has 0 aromatic heterocycles. The Morgan fingerprint density at radius 1 is 0.516 bits per heavy atom. The maximum atomic E-state index is 12.9. The minimum atomic E-state index is -5.47. The topological polar surface area (TPSA) is 413 Å². The second-order valence-electron chi connectivity index (χ2n) is 22.0. The van der Waals surface area contributed by atoms with Crippen LogP contribution in [-0.2, 0) is 109 Å². The molecule has 2 aliphatic rings. The second kappa shape index (κ2) is 34.6. The van der Waals surface area contributed by atoms with Gasteiger partial charge in [-0.3, -0.25) is 4.79 Å². The number of rotatable bonds is 44. The maximum Gasteiger partial charge on any atom is 0.303 e. The summed E-state index contributed by atoms with van der Waals surface area (Å²) < 4.78 is 241. The molecule has 0 saturated heterocycles. The first kappa shape index (κ1) is 76.8. The molecule has 1 N–H and O–H groups in total. The van der Waals surface area contributed by atoms with E-state index in [-0.39, 0.29) is 125 Å². The van der Waals surface area contributed by atoms with E-state index >= 15 is 0 Å². The molecular formula is C60H78N2O26S5-4. The van der Waals surface area contributed by atoms with Gasteiger partial charge in [-0.2, -0.15) is 4.58 Å². The fourth-order valence-electron chi connectivity index (χ4n) is 11.4. The third-order valence-electron chi connectivity index (χ3n) is 15.6. The normalized spacial score (nSPS) is 17.8. The Morgan fingerprint density at radius 3 is 1.46 bits per heavy atom. The van der Waals surface area contributed by atoms with Gasteiger partial charge in [0, 0.05) is 79.4 Å². The third-order valence-corrected chi connectivity index (χ3v) is 19.8. The zero-order valence-corrected chi connectivity index (χ0v) is 56.1. The van der Waals surface area contributed by atoms with E-state index in [1.54, 1.807) is 69.1 Å². The highest BCUT2D eigenvalue weighted by Gasteiger charge is 2.49. The van der Waals surface area contributed by atoms with Crippen molar-refractivity contribution in [3.8, 4) is 0 Å². The van der Waals surface area contributed by atoms with Crippen LogP contribution in [0, 0.1) is 0 Å². The number of carboxylic acids is 1. The monoisotopic (exact) mass is 1400 g/mol. The van der Waals surface area contributed by atoms with Crippen LogP contribution in [0.4, 0.5) is 11.4 Å². The van der Waals surface area contributed by atoms with Gasteiger partial charge in [0.15, 0.2) is 12.3 Å². The van der Waals surface area contributed by atoms with Crippen molar-refractivity contribution in [3.63, 3.8) is 0 Å². The van der Waals surface area contributed by atoms with Gasteiger partial charge < -0.3 is 75.4 Å². The molecular weight excluding hydrogens is 1320 g/mol. The van der Waals surface area contributed by atoms with Crippen LogP contribution in [0.2, 0.25) is 0 Å². The zero-order chi connectivity index (χ0) is 68.3. The minimum Gasteiger partial charge on any atom is -0.748 e. The number of hydrogen-bond donors (Lipinski definition) is 1. The lowest BCUT2D eigenvalue weighted by Crippen LogP contribution is -2.33. The van der Waals surface area contributed by atoms with Crippen molar-refractivity contribution in [2.75, 3.05) is 144 Å². The van der Waals surface area contributed by atoms with Crippen molar-refractivity contribution in [2.45, 2.75) is 89.2 Å². The smallest absolute Gasteiger partial charge is 0.303 e. The molecule has 0 spiro atoms. The number of carboxylic acid groups (broad SMARTS) is 1. The van der Waals surface area contributed by atoms with Crippen molar-refractivity contribution in [1.82, 2.24) is 0 Å². The number of methoxy groups -OCH3 is 2. The molecule has 0 radical (unpaired) electrons. The number of carbonyl (C=O) groups is 1. The van der Waals surface area contributed by atoms with Gasteiger partial charge in [0.25, 0.3) is 0 Å². The number of allylic oxidation sites excluding steroid dienone is 6. The van der Waals surface area contributed by atoms with Crippen LogP contribution in [0.5, 0.6) is 0 Å². The van der Waals surface area contributed by atoms with Crippen LogP contribution in [0.15, 0.2) is 104 Å². The Kier molecular flexibility index (Phi) is 28.6. The molecule has 6 rings (SSSR count). The molecule has 0 fully saturated rings. The molecule has 518 valence electrons. The Hall–Kier alpha value is -5.25. The predicted octanol–water partition coefficient (Wildman–Crippen LogP) is 4.51. The van der Waals surface area contributed by atoms with E-state index in [1.807, 2.05) is 4.90 Å². The molecule has 2 unspecified atom stereocenters. The summed E-state index contributed by atoms with van der Waals surface area (Å²) in [5.41, 5.74) is -0.573. The molecule has 2 aliphatic heterocycles. The number of fused-ring (bicyclic) bond motifs is 6. The van der Waals surface area contributed by atoms with E-state index in [4.69, 9.17) is 42.6 Å². The number of aliphatic carboxylic acids is 1. The fourth-order valence-corrected chi connectivity index (χ4v) is 14.5. The van der Waals surface area contributed by atoms with Gasteiger partial charge in [-0.1, -0.05) is 30.7 Å². The van der Waals surface area contributed by atoms with Crippen molar-refractivity contribution >= 4 is 95.2 Å². The number of ether oxygens (including phenoxy) is 9. The Balaban J connectivity index is 1.47. The van der Waals surface area contributed by atoms with Gasteiger partial charge in [0.05, 0.1) is 128 Å². The lowest BCUT2D eigenvalue weighted by molar-refractivity contribution is -0.442. The number of anilines is 1. The molecule has 4 aromatic rings. The standard InChI is InChI=1S/C60H82N2O26S5/c1-59(19-11-39-89(65,66)67)54(62(22-24-83-30-32-87-37-38-88-36-34-85-28-26-81-4)51-18-16-46-48(57(51)59)40-44(90(68,69)70)42-52(46)92(74,75)76)12-7-5-8-13-55-60(2,20-23-82-29-31-86-35-33-84-27-25-80-3)58-49-41-45(91(71,72)73)43-53(93(77,78)79)47(49)15-17-50(58)61(55)21-10-6-9-14-56(63)64/h5,7-8,12-13,15-18,40-43H,6,9-11,14,19-39H2,1-4H3,(H5-,63,64,65,66,67,68,69,70,71,72,73,74,75,76,77,78,79)/p-4. The van der Waals surface area contributed by atoms with E-state index in [1.165, 1.54) is 18.2 Å². The summed E-state index contributed by atoms with van der Waals surface area (Å²) in [6, 6.07) is 8.63. The first-order valence-electron chi connectivity index (χ1n) is 29.6. The highest BCUT2D eigenvalue weighted by atomic mass is 32.2. The van der Waals surface area contributed by atoms with Crippen LogP contribution >= 0.6 is 0 Å². The van der Waals surface area contributed by atoms with E-state index in [0.29, 0.717) is 106 Å². The molecule has 28 nitrogen and oxygen atoms in total. The van der Waals surface area contributed by atoms with E-state index in [9.17, 15) is 74.8 Å². The summed E-state index contributed by atoms with van der Waals surface area (Å²) in [6.45, 7) is 7.55. The number of unbranched alkanes of at least 4 members (excludes halogenated alkanes) is 2. The highest BCUT2D eigenvalue weighted by Crippen LogP contribution is 2.54. The summed E-state index contributed by atoms with van der Waals surface area (Å²) >= 11 is 0. The van der Waals surface area contributed by atoms with Gasteiger partial charge in [-0.25, -0.2) is 42.1 Å². The van der Waals surface area contributed by atoms with Crippen molar-refractivity contribution < 1.29 is 122 Å². The minimum absolute atomic E-state index is 0.0119. The van der Waals surface area contributed by atoms with Gasteiger partial charge in [0.1, 0.15) is 47.1 Å². The first-order valence-corrected chi connectivity index (χ1v) is 36.8. The Labute approximate surface area is 542 Å². The molecule has 0 bridgehead atoms. The van der Waals surface area contributed by atoms with Crippen molar-refractivity contribution in [3.05, 3.63) is 95.7 Å². The Morgan fingerprint density at radius 2 is 0.989 bits per heavy atom. The summed E-state index contributed by atoms with van der Waals surface area (Å²) in [6.07, 6.45) is 8.84. The average Bonchev–Trinajstić information content (AvgIpc) is 1.62. The first-order chi connectivity index (χ1) is 43.9. The molecule has 2 atom stereocenters. The summed E-state index contributed by atoms with van der Waals surface area (Å²) in [4.78, 5) is 9.43. The van der Waals surface area contributed by atoms with Gasteiger partial charge in [-0.15, -0.1) is 0 Å². The van der Waals surface area contributed by atoms with Crippen molar-refractivity contribution in [1.29, 1.82) is 0 Å². The summed E-state index contributed by atoms with van der Waals surface area (Å²) in [5.74, 6) is -1.86. The van der Waals surface area contributed by atoms with Crippen LogP contribution < -0.4 is 4.90 Å². The van der Waals surface area contributed by atoms with Gasteiger partial charge >= 0.3 is 5.97 Å². The van der Waals surface area contributed by atoms with Crippen LogP contribution in [0.25, 0.3) is 21.5 Å². The average molecular weight is 1400 g/mol. The highest BCUT2D eigenvalue weighted by molar-refractivity contribution is 7.87. The van der Waals surface area contributed by atoms with Crippen LogP contribution in [0.3, 0.4) is 0 Å². The molecule has 0 amide bonds. The lowest BCUT2D eigenvalue weighted by Gasteiger charge is -2.31. The SMILES string of the molecule is COCCOCCOCCOCCOCC[N+]1=C(/C=C/C=C/C=C2/N(CCCCCC(=O)O)c3ccc4c(S(=O)(=O)[O-])cc(S(=O)(=O)[O-])cc4c3C2(C)CCOCCOCCOCCOC)C(C)(CCCS(=O)(=O)[O-])c2c1ccc1c(S(=O)(=O)[O-])cc(S(=O)(=O)[O-])cc21. The number of benzene rings is 4. The zero-order valence-electron chi connectivity index (χ0n) is 52.0. The van der Waals surface area contributed by atoms with Gasteiger partial charge in [-0.05, 0) is 110 Å². The predicted molar refractivity (Wildman–Crippen MR) is 332 cm³/mol. The number of hydrogen-bond acceptors (Lipinski definition) is 26. The van der Waals surface area contributed by atoms with Crippen LogP contribution in [-0.4, -0.2) is 225 Å².